The fraction of sp³-hybridized carbons (Fsp3) is 0.643. The number of nitrogens with one attached hydrogen (secondary N) is 1. The van der Waals surface area contributed by atoms with Crippen molar-refractivity contribution in [1.82, 2.24) is 15.2 Å². The molecule has 17 heavy (non-hydrogen) atoms. The van der Waals surface area contributed by atoms with Crippen molar-refractivity contribution in [3.63, 3.8) is 0 Å². The Labute approximate surface area is 104 Å². The summed E-state index contributed by atoms with van der Waals surface area (Å²) in [5.41, 5.74) is 1.38. The zero-order valence-corrected chi connectivity index (χ0v) is 10.7. The predicted molar refractivity (Wildman–Crippen MR) is 71.1 cm³/mol. The van der Waals surface area contributed by atoms with Crippen LogP contribution in [0, 0.1) is 0 Å². The fourth-order valence-electron chi connectivity index (χ4n) is 2.41. The van der Waals surface area contributed by atoms with Gasteiger partial charge in [-0.15, -0.1) is 0 Å². The molecule has 3 heteroatoms. The number of hydrogen-bond donors (Lipinski definition) is 1. The highest BCUT2D eigenvalue weighted by molar-refractivity contribution is 5.09. The second-order valence-corrected chi connectivity index (χ2v) is 4.94. The average molecular weight is 233 g/mol. The van der Waals surface area contributed by atoms with Crippen LogP contribution in [0.3, 0.4) is 0 Å². The van der Waals surface area contributed by atoms with Gasteiger partial charge in [0.1, 0.15) is 0 Å². The summed E-state index contributed by atoms with van der Waals surface area (Å²) < 4.78 is 0. The van der Waals surface area contributed by atoms with Crippen molar-refractivity contribution in [1.29, 1.82) is 0 Å². The van der Waals surface area contributed by atoms with Crippen LogP contribution in [0.5, 0.6) is 0 Å². The van der Waals surface area contributed by atoms with Crippen molar-refractivity contribution in [2.45, 2.75) is 31.7 Å². The second-order valence-electron chi connectivity index (χ2n) is 4.94. The minimum atomic E-state index is 0.708. The first-order valence-electron chi connectivity index (χ1n) is 6.66. The Kier molecular flexibility index (Phi) is 4.95. The predicted octanol–water partition coefficient (Wildman–Crippen LogP) is 1.70. The SMILES string of the molecule is CN(CCc1ccncc1)C1CCCCNC1. The second kappa shape index (κ2) is 6.72. The van der Waals surface area contributed by atoms with Gasteiger partial charge in [-0.3, -0.25) is 4.98 Å². The molecule has 0 radical (unpaired) electrons. The third kappa shape index (κ3) is 4.10. The van der Waals surface area contributed by atoms with E-state index in [2.05, 4.69) is 34.4 Å². The first-order valence-corrected chi connectivity index (χ1v) is 6.66. The monoisotopic (exact) mass is 233 g/mol. The smallest absolute Gasteiger partial charge is 0.0270 e. The lowest BCUT2D eigenvalue weighted by atomic mass is 10.1. The third-order valence-electron chi connectivity index (χ3n) is 3.65. The molecule has 1 unspecified atom stereocenters. The summed E-state index contributed by atoms with van der Waals surface area (Å²) in [4.78, 5) is 6.55. The van der Waals surface area contributed by atoms with Gasteiger partial charge in [-0.2, -0.15) is 0 Å². The quantitative estimate of drug-likeness (QED) is 0.858. The zero-order valence-electron chi connectivity index (χ0n) is 10.7. The molecule has 0 saturated carbocycles. The molecule has 2 heterocycles. The van der Waals surface area contributed by atoms with E-state index in [9.17, 15) is 0 Å². The molecule has 1 fully saturated rings. The topological polar surface area (TPSA) is 28.2 Å². The first-order chi connectivity index (χ1) is 8.36. The highest BCUT2D eigenvalue weighted by atomic mass is 15.1. The van der Waals surface area contributed by atoms with Crippen LogP contribution in [0.4, 0.5) is 0 Å². The van der Waals surface area contributed by atoms with Crippen LogP contribution < -0.4 is 5.32 Å². The number of hydrogen-bond acceptors (Lipinski definition) is 3. The molecule has 1 aliphatic heterocycles. The lowest BCUT2D eigenvalue weighted by molar-refractivity contribution is 0.233. The summed E-state index contributed by atoms with van der Waals surface area (Å²) in [5, 5.41) is 3.52. The minimum absolute atomic E-state index is 0.708. The van der Waals surface area contributed by atoms with E-state index in [1.54, 1.807) is 0 Å². The van der Waals surface area contributed by atoms with Crippen LogP contribution in [0.2, 0.25) is 0 Å². The molecule has 1 saturated heterocycles. The zero-order chi connectivity index (χ0) is 11.9. The van der Waals surface area contributed by atoms with E-state index in [1.807, 2.05) is 12.4 Å². The third-order valence-corrected chi connectivity index (χ3v) is 3.65. The Hall–Kier alpha value is -0.930. The highest BCUT2D eigenvalue weighted by Crippen LogP contribution is 2.10. The molecule has 3 nitrogen and oxygen atoms in total. The Balaban J connectivity index is 1.78. The lowest BCUT2D eigenvalue weighted by Gasteiger charge is -2.26. The number of pyridine rings is 1. The number of likely N-dealkylation sites (N-methyl/N-ethyl adjacent to an activating group) is 1. The Morgan fingerprint density at radius 3 is 3.00 bits per heavy atom. The van der Waals surface area contributed by atoms with Crippen LogP contribution in [-0.4, -0.2) is 42.6 Å². The van der Waals surface area contributed by atoms with Gasteiger partial charge >= 0.3 is 0 Å². The molecule has 1 aliphatic rings. The largest absolute Gasteiger partial charge is 0.315 e. The molecule has 0 spiro atoms. The van der Waals surface area contributed by atoms with Crippen molar-refractivity contribution in [2.75, 3.05) is 26.7 Å². The Morgan fingerprint density at radius 2 is 2.18 bits per heavy atom. The van der Waals surface area contributed by atoms with Gasteiger partial charge in [0.15, 0.2) is 0 Å². The lowest BCUT2D eigenvalue weighted by Crippen LogP contribution is -2.39. The molecular formula is C14H23N3. The maximum atomic E-state index is 4.05. The normalized spacial score (nSPS) is 21.4. The summed E-state index contributed by atoms with van der Waals surface area (Å²) in [6.07, 6.45) is 8.90. The van der Waals surface area contributed by atoms with E-state index < -0.39 is 0 Å². The standard InChI is InChI=1S/C14H23N3/c1-17(14-4-2-3-8-16-12-14)11-7-13-5-9-15-10-6-13/h5-6,9-10,14,16H,2-4,7-8,11-12H2,1H3. The van der Waals surface area contributed by atoms with E-state index in [4.69, 9.17) is 0 Å². The Bertz CT molecular complexity index is 305. The van der Waals surface area contributed by atoms with Gasteiger partial charge in [-0.1, -0.05) is 6.42 Å². The minimum Gasteiger partial charge on any atom is -0.315 e. The summed E-state index contributed by atoms with van der Waals surface area (Å²) in [6.45, 7) is 3.47. The van der Waals surface area contributed by atoms with E-state index in [0.717, 1.165) is 19.5 Å². The van der Waals surface area contributed by atoms with E-state index in [0.29, 0.717) is 6.04 Å². The number of nitrogens with zero attached hydrogens (tertiary/aromatic N) is 2. The van der Waals surface area contributed by atoms with Gasteiger partial charge in [-0.25, -0.2) is 0 Å². The summed E-state index contributed by atoms with van der Waals surface area (Å²) in [6, 6.07) is 4.93. The molecule has 0 aliphatic carbocycles. The maximum Gasteiger partial charge on any atom is 0.0270 e. The van der Waals surface area contributed by atoms with E-state index in [-0.39, 0.29) is 0 Å². The molecule has 2 rings (SSSR count). The van der Waals surface area contributed by atoms with Crippen molar-refractivity contribution in [3.8, 4) is 0 Å². The van der Waals surface area contributed by atoms with Gasteiger partial charge in [0, 0.05) is 31.5 Å². The van der Waals surface area contributed by atoms with Crippen LogP contribution in [0.15, 0.2) is 24.5 Å². The Morgan fingerprint density at radius 1 is 1.35 bits per heavy atom. The van der Waals surface area contributed by atoms with Gasteiger partial charge in [0.25, 0.3) is 0 Å². The van der Waals surface area contributed by atoms with Crippen molar-refractivity contribution in [2.24, 2.45) is 0 Å². The molecule has 1 N–H and O–H groups in total. The van der Waals surface area contributed by atoms with Crippen LogP contribution in [-0.2, 0) is 6.42 Å². The van der Waals surface area contributed by atoms with Crippen molar-refractivity contribution < 1.29 is 0 Å². The molecule has 94 valence electrons. The maximum absolute atomic E-state index is 4.05. The molecular weight excluding hydrogens is 210 g/mol. The molecule has 0 bridgehead atoms. The van der Waals surface area contributed by atoms with Crippen molar-refractivity contribution >= 4 is 0 Å². The number of rotatable bonds is 4. The van der Waals surface area contributed by atoms with Gasteiger partial charge < -0.3 is 10.2 Å². The number of aromatic nitrogens is 1. The molecule has 0 aromatic carbocycles. The van der Waals surface area contributed by atoms with E-state index >= 15 is 0 Å². The summed E-state index contributed by atoms with van der Waals surface area (Å²) >= 11 is 0. The highest BCUT2D eigenvalue weighted by Gasteiger charge is 2.15. The van der Waals surface area contributed by atoms with Crippen molar-refractivity contribution in [3.05, 3.63) is 30.1 Å². The summed E-state index contributed by atoms with van der Waals surface area (Å²) in [5.74, 6) is 0. The molecule has 1 aromatic rings. The summed E-state index contributed by atoms with van der Waals surface area (Å²) in [7, 11) is 2.25. The molecule has 1 aromatic heterocycles. The van der Waals surface area contributed by atoms with Crippen LogP contribution in [0.25, 0.3) is 0 Å². The first kappa shape index (κ1) is 12.5. The molecule has 1 atom stereocenters. The van der Waals surface area contributed by atoms with E-state index in [1.165, 1.54) is 31.4 Å². The van der Waals surface area contributed by atoms with Crippen LogP contribution in [0.1, 0.15) is 24.8 Å². The fourth-order valence-corrected chi connectivity index (χ4v) is 2.41. The van der Waals surface area contributed by atoms with Gasteiger partial charge in [0.2, 0.25) is 0 Å². The van der Waals surface area contributed by atoms with Crippen LogP contribution >= 0.6 is 0 Å². The average Bonchev–Trinajstić information content (AvgIpc) is 2.66. The van der Waals surface area contributed by atoms with Gasteiger partial charge in [0.05, 0.1) is 0 Å². The van der Waals surface area contributed by atoms with Gasteiger partial charge in [-0.05, 0) is 50.6 Å². The molecule has 0 amide bonds.